The van der Waals surface area contributed by atoms with Gasteiger partial charge in [0.05, 0.1) is 30.0 Å². The predicted molar refractivity (Wildman–Crippen MR) is 117 cm³/mol. The third-order valence-electron chi connectivity index (χ3n) is 4.84. The van der Waals surface area contributed by atoms with E-state index >= 15 is 8.78 Å². The van der Waals surface area contributed by atoms with Crippen molar-refractivity contribution in [3.05, 3.63) is 40.7 Å². The lowest BCUT2D eigenvalue weighted by Gasteiger charge is -2.25. The van der Waals surface area contributed by atoms with Crippen molar-refractivity contribution in [1.82, 2.24) is 25.5 Å². The molecule has 0 unspecified atom stereocenters. The lowest BCUT2D eigenvalue weighted by atomic mass is 10.0. The molecule has 0 spiro atoms. The molecular weight excluding hydrogens is 444 g/mol. The monoisotopic (exact) mass is 463 g/mol. The van der Waals surface area contributed by atoms with Gasteiger partial charge < -0.3 is 20.6 Å². The summed E-state index contributed by atoms with van der Waals surface area (Å²) in [4.78, 5) is 12.8. The number of nitrogens with zero attached hydrogens (tertiary/aromatic N) is 5. The van der Waals surface area contributed by atoms with Crippen molar-refractivity contribution in [2.24, 2.45) is 0 Å². The Morgan fingerprint density at radius 2 is 1.97 bits per heavy atom. The standard InChI is InChI=1S/C20H20ClF2N7O2/c1-5-32-19-12-17(27-20(31-4)28-18(12)30-7-6-25-29(30)3)15(23)16(26-19)11-13(21)9(2)8-10(24)14(11)22/h6-8,25H,5,24H2,1-4H3. The number of nitrogen functional groups attached to an aromatic ring is 1. The van der Waals surface area contributed by atoms with Crippen molar-refractivity contribution in [3.8, 4) is 23.1 Å². The molecule has 0 saturated carbocycles. The maximum absolute atomic E-state index is 15.9. The minimum Gasteiger partial charge on any atom is -0.477 e. The fourth-order valence-corrected chi connectivity index (χ4v) is 3.59. The molecule has 4 rings (SSSR count). The number of aryl methyl sites for hydroxylation is 1. The van der Waals surface area contributed by atoms with Crippen LogP contribution in [0.15, 0.2) is 18.5 Å². The Balaban J connectivity index is 2.12. The summed E-state index contributed by atoms with van der Waals surface area (Å²) in [6, 6.07) is 1.27. The smallest absolute Gasteiger partial charge is 0.318 e. The molecule has 168 valence electrons. The Morgan fingerprint density at radius 1 is 1.22 bits per heavy atom. The zero-order valence-electron chi connectivity index (χ0n) is 17.7. The van der Waals surface area contributed by atoms with Gasteiger partial charge in [-0.15, -0.1) is 5.12 Å². The van der Waals surface area contributed by atoms with Crippen molar-refractivity contribution in [3.63, 3.8) is 0 Å². The molecule has 0 amide bonds. The van der Waals surface area contributed by atoms with Crippen molar-refractivity contribution in [2.75, 3.05) is 31.5 Å². The first kappa shape index (κ1) is 21.8. The summed E-state index contributed by atoms with van der Waals surface area (Å²) in [5, 5.41) is 3.35. The summed E-state index contributed by atoms with van der Waals surface area (Å²) < 4.78 is 41.8. The molecule has 0 fully saturated rings. The van der Waals surface area contributed by atoms with Gasteiger partial charge in [0.2, 0.25) is 5.88 Å². The second-order valence-electron chi connectivity index (χ2n) is 6.87. The van der Waals surface area contributed by atoms with E-state index in [-0.39, 0.29) is 57.2 Å². The van der Waals surface area contributed by atoms with Crippen molar-refractivity contribution >= 4 is 34.0 Å². The number of halogens is 3. The van der Waals surface area contributed by atoms with Gasteiger partial charge in [0.1, 0.15) is 16.6 Å². The maximum atomic E-state index is 15.9. The Bertz CT molecular complexity index is 1230. The van der Waals surface area contributed by atoms with E-state index in [4.69, 9.17) is 26.8 Å². The molecule has 12 heteroatoms. The maximum Gasteiger partial charge on any atom is 0.318 e. The third-order valence-corrected chi connectivity index (χ3v) is 5.33. The van der Waals surface area contributed by atoms with E-state index in [9.17, 15) is 0 Å². The number of hydrogen-bond donors (Lipinski definition) is 2. The van der Waals surface area contributed by atoms with Gasteiger partial charge in [-0.05, 0) is 25.5 Å². The van der Waals surface area contributed by atoms with Crippen LogP contribution < -0.4 is 25.6 Å². The van der Waals surface area contributed by atoms with Gasteiger partial charge in [0.15, 0.2) is 17.5 Å². The number of methoxy groups -OCH3 is 1. The van der Waals surface area contributed by atoms with E-state index in [2.05, 4.69) is 20.4 Å². The van der Waals surface area contributed by atoms with Crippen LogP contribution in [0.5, 0.6) is 11.9 Å². The van der Waals surface area contributed by atoms with Crippen LogP contribution >= 0.6 is 11.6 Å². The van der Waals surface area contributed by atoms with Gasteiger partial charge in [-0.3, -0.25) is 0 Å². The molecule has 1 aliphatic heterocycles. The highest BCUT2D eigenvalue weighted by molar-refractivity contribution is 6.34. The number of benzene rings is 1. The number of ether oxygens (including phenoxy) is 2. The van der Waals surface area contributed by atoms with Crippen molar-refractivity contribution in [2.45, 2.75) is 13.8 Å². The first-order chi connectivity index (χ1) is 15.3. The molecule has 9 nitrogen and oxygen atoms in total. The number of nitrogens with two attached hydrogens (primary N) is 1. The Hall–Kier alpha value is -3.44. The Labute approximate surface area is 187 Å². The molecule has 3 heterocycles. The van der Waals surface area contributed by atoms with E-state index < -0.39 is 11.6 Å². The molecular formula is C20H20ClF2N7O2. The van der Waals surface area contributed by atoms with Crippen LogP contribution in [0.1, 0.15) is 12.5 Å². The molecule has 0 aliphatic carbocycles. The first-order valence-electron chi connectivity index (χ1n) is 9.56. The van der Waals surface area contributed by atoms with Gasteiger partial charge in [0, 0.05) is 19.4 Å². The highest BCUT2D eigenvalue weighted by atomic mass is 35.5. The molecule has 0 saturated heterocycles. The summed E-state index contributed by atoms with van der Waals surface area (Å²) in [6.45, 7) is 3.58. The lowest BCUT2D eigenvalue weighted by molar-refractivity contribution is 0.297. The highest BCUT2D eigenvalue weighted by Gasteiger charge is 2.29. The van der Waals surface area contributed by atoms with Gasteiger partial charge >= 0.3 is 6.01 Å². The normalized spacial score (nSPS) is 13.7. The van der Waals surface area contributed by atoms with Crippen LogP contribution in [-0.4, -0.2) is 40.8 Å². The fraction of sp³-hybridized carbons (Fsp3) is 0.250. The Kier molecular flexibility index (Phi) is 5.61. The fourth-order valence-electron chi connectivity index (χ4n) is 3.36. The Morgan fingerprint density at radius 3 is 2.59 bits per heavy atom. The molecule has 3 aromatic rings. The van der Waals surface area contributed by atoms with Crippen LogP contribution in [-0.2, 0) is 0 Å². The minimum absolute atomic E-state index is 0.000738. The summed E-state index contributed by atoms with van der Waals surface area (Å²) in [6.07, 6.45) is 3.32. The van der Waals surface area contributed by atoms with E-state index in [1.54, 1.807) is 43.4 Å². The summed E-state index contributed by atoms with van der Waals surface area (Å²) in [5.74, 6) is -1.57. The average Bonchev–Trinajstić information content (AvgIpc) is 3.20. The number of anilines is 2. The topological polar surface area (TPSA) is 102 Å². The second-order valence-corrected chi connectivity index (χ2v) is 7.25. The SMILES string of the molecule is CCOc1nc(-c2c(F)c(N)cc(C)c2Cl)c(F)c2nc(OC)nc(N3C=CNN3C)c12. The van der Waals surface area contributed by atoms with Crippen molar-refractivity contribution in [1.29, 1.82) is 0 Å². The number of rotatable bonds is 5. The lowest BCUT2D eigenvalue weighted by Crippen LogP contribution is -2.38. The second kappa shape index (κ2) is 8.24. The molecule has 3 N–H and O–H groups in total. The van der Waals surface area contributed by atoms with Crippen LogP contribution in [0, 0.1) is 18.6 Å². The number of aromatic nitrogens is 3. The number of pyridine rings is 1. The molecule has 0 radical (unpaired) electrons. The van der Waals surface area contributed by atoms with Gasteiger partial charge in [-0.2, -0.15) is 9.97 Å². The zero-order chi connectivity index (χ0) is 23.2. The molecule has 32 heavy (non-hydrogen) atoms. The number of fused-ring (bicyclic) bond motifs is 1. The molecule has 1 aliphatic rings. The highest BCUT2D eigenvalue weighted by Crippen LogP contribution is 2.42. The third kappa shape index (κ3) is 3.39. The molecule has 0 bridgehead atoms. The first-order valence-corrected chi connectivity index (χ1v) is 9.94. The van der Waals surface area contributed by atoms with Crippen LogP contribution in [0.4, 0.5) is 20.3 Å². The van der Waals surface area contributed by atoms with E-state index in [1.807, 2.05) is 0 Å². The number of nitrogens with one attached hydrogen (secondary N) is 1. The van der Waals surface area contributed by atoms with E-state index in [0.717, 1.165) is 0 Å². The summed E-state index contributed by atoms with van der Waals surface area (Å²) in [5.41, 5.74) is 8.16. The number of hydrogen-bond acceptors (Lipinski definition) is 9. The molecule has 1 aromatic carbocycles. The van der Waals surface area contributed by atoms with Crippen LogP contribution in [0.3, 0.4) is 0 Å². The van der Waals surface area contributed by atoms with Gasteiger partial charge in [-0.1, -0.05) is 11.6 Å². The van der Waals surface area contributed by atoms with E-state index in [0.29, 0.717) is 5.56 Å². The quantitative estimate of drug-likeness (QED) is 0.550. The van der Waals surface area contributed by atoms with E-state index in [1.165, 1.54) is 13.2 Å². The molecule has 0 atom stereocenters. The zero-order valence-corrected chi connectivity index (χ0v) is 18.5. The predicted octanol–water partition coefficient (Wildman–Crippen LogP) is 3.56. The summed E-state index contributed by atoms with van der Waals surface area (Å²) in [7, 11) is 3.08. The van der Waals surface area contributed by atoms with Crippen molar-refractivity contribution < 1.29 is 18.3 Å². The minimum atomic E-state index is -0.921. The number of hydrazine groups is 2. The molecule has 2 aromatic heterocycles. The largest absolute Gasteiger partial charge is 0.477 e. The van der Waals surface area contributed by atoms with Gasteiger partial charge in [0.25, 0.3) is 0 Å². The van der Waals surface area contributed by atoms with Crippen LogP contribution in [0.25, 0.3) is 22.2 Å². The summed E-state index contributed by atoms with van der Waals surface area (Å²) >= 11 is 6.34. The average molecular weight is 464 g/mol. The van der Waals surface area contributed by atoms with Crippen LogP contribution in [0.2, 0.25) is 5.02 Å². The van der Waals surface area contributed by atoms with Gasteiger partial charge in [-0.25, -0.2) is 18.8 Å².